The maximum absolute atomic E-state index is 12.9. The fourth-order valence-electron chi connectivity index (χ4n) is 3.55. The van der Waals surface area contributed by atoms with E-state index in [1.54, 1.807) is 0 Å². The highest BCUT2D eigenvalue weighted by atomic mass is 35.5. The second-order valence-electron chi connectivity index (χ2n) is 8.19. The van der Waals surface area contributed by atoms with Crippen molar-refractivity contribution in [3.63, 3.8) is 0 Å². The first-order valence-electron chi connectivity index (χ1n) is 10.5. The van der Waals surface area contributed by atoms with E-state index in [1.165, 1.54) is 28.1 Å². The summed E-state index contributed by atoms with van der Waals surface area (Å²) in [6.45, 7) is 7.52. The van der Waals surface area contributed by atoms with Crippen LogP contribution in [-0.2, 0) is 21.2 Å². The summed E-state index contributed by atoms with van der Waals surface area (Å²) >= 11 is 6.24. The lowest BCUT2D eigenvalue weighted by molar-refractivity contribution is 0.0730. The van der Waals surface area contributed by atoms with Crippen LogP contribution >= 0.6 is 11.6 Å². The summed E-state index contributed by atoms with van der Waals surface area (Å²) < 4.78 is 32.4. The molecule has 1 saturated heterocycles. The molecule has 2 aromatic carbocycles. The zero-order valence-corrected chi connectivity index (χ0v) is 19.7. The normalized spacial score (nSPS) is 16.3. The van der Waals surface area contributed by atoms with E-state index < -0.39 is 15.9 Å². The van der Waals surface area contributed by atoms with Crippen molar-refractivity contribution in [3.8, 4) is 0 Å². The summed E-state index contributed by atoms with van der Waals surface area (Å²) in [5.41, 5.74) is 2.36. The van der Waals surface area contributed by atoms with Crippen molar-refractivity contribution in [2.45, 2.75) is 38.1 Å². The van der Waals surface area contributed by atoms with Crippen molar-refractivity contribution in [2.24, 2.45) is 5.92 Å². The molecule has 0 aliphatic carbocycles. The summed E-state index contributed by atoms with van der Waals surface area (Å²) in [7, 11) is -3.72. The second kappa shape index (κ2) is 10.1. The van der Waals surface area contributed by atoms with Gasteiger partial charge in [0, 0.05) is 13.1 Å². The molecule has 1 heterocycles. The highest BCUT2D eigenvalue weighted by Gasteiger charge is 2.28. The number of benzene rings is 2. The minimum absolute atomic E-state index is 0.0506. The molecule has 1 aliphatic heterocycles. The summed E-state index contributed by atoms with van der Waals surface area (Å²) in [5.74, 6) is 0.161. The number of hydrogen-bond acceptors (Lipinski definition) is 4. The SMILES string of the molecule is CC(C)Cc1ccc([C@@H](C)NC(=O)c2cc(S(=O)(=O)N3CCOCC3)ccc2Cl)cc1. The summed E-state index contributed by atoms with van der Waals surface area (Å²) in [5, 5.41) is 3.13. The van der Waals surface area contributed by atoms with Crippen LogP contribution in [-0.4, -0.2) is 44.9 Å². The molecule has 0 bridgehead atoms. The number of carbonyl (C=O) groups excluding carboxylic acids is 1. The first-order valence-corrected chi connectivity index (χ1v) is 12.3. The van der Waals surface area contributed by atoms with E-state index in [0.717, 1.165) is 12.0 Å². The Morgan fingerprint density at radius 2 is 1.74 bits per heavy atom. The Labute approximate surface area is 189 Å². The van der Waals surface area contributed by atoms with Gasteiger partial charge in [-0.15, -0.1) is 0 Å². The highest BCUT2D eigenvalue weighted by Crippen LogP contribution is 2.25. The zero-order chi connectivity index (χ0) is 22.6. The number of nitrogens with zero attached hydrogens (tertiary/aromatic N) is 1. The van der Waals surface area contributed by atoms with Gasteiger partial charge in [-0.1, -0.05) is 49.7 Å². The number of morpholine rings is 1. The molecule has 0 unspecified atom stereocenters. The fraction of sp³-hybridized carbons (Fsp3) is 0.435. The third kappa shape index (κ3) is 5.86. The summed E-state index contributed by atoms with van der Waals surface area (Å²) in [4.78, 5) is 12.9. The van der Waals surface area contributed by atoms with E-state index in [-0.39, 0.29) is 34.6 Å². The van der Waals surface area contributed by atoms with Crippen molar-refractivity contribution in [2.75, 3.05) is 26.3 Å². The number of rotatable bonds is 7. The molecule has 8 heteroatoms. The van der Waals surface area contributed by atoms with Crippen LogP contribution in [0.25, 0.3) is 0 Å². The molecule has 0 radical (unpaired) electrons. The van der Waals surface area contributed by atoms with Crippen LogP contribution < -0.4 is 5.32 Å². The Morgan fingerprint density at radius 1 is 1.10 bits per heavy atom. The molecule has 1 fully saturated rings. The Morgan fingerprint density at radius 3 is 2.35 bits per heavy atom. The van der Waals surface area contributed by atoms with Gasteiger partial charge in [-0.2, -0.15) is 4.31 Å². The Balaban J connectivity index is 1.76. The van der Waals surface area contributed by atoms with Gasteiger partial charge in [-0.25, -0.2) is 8.42 Å². The number of amides is 1. The number of halogens is 1. The molecule has 1 aliphatic rings. The monoisotopic (exact) mass is 464 g/mol. The van der Waals surface area contributed by atoms with E-state index >= 15 is 0 Å². The molecule has 0 spiro atoms. The Bertz CT molecular complexity index is 1020. The summed E-state index contributed by atoms with van der Waals surface area (Å²) in [6.07, 6.45) is 1.00. The molecule has 31 heavy (non-hydrogen) atoms. The lowest BCUT2D eigenvalue weighted by Gasteiger charge is -2.26. The average molecular weight is 465 g/mol. The van der Waals surface area contributed by atoms with Crippen LogP contribution in [0.15, 0.2) is 47.4 Å². The molecular weight excluding hydrogens is 436 g/mol. The van der Waals surface area contributed by atoms with Crippen LogP contribution in [0.3, 0.4) is 0 Å². The van der Waals surface area contributed by atoms with Crippen LogP contribution in [0.5, 0.6) is 0 Å². The van der Waals surface area contributed by atoms with E-state index in [4.69, 9.17) is 16.3 Å². The van der Waals surface area contributed by atoms with Crippen LogP contribution in [0.4, 0.5) is 0 Å². The van der Waals surface area contributed by atoms with E-state index in [9.17, 15) is 13.2 Å². The Kier molecular flexibility index (Phi) is 7.75. The number of ether oxygens (including phenoxy) is 1. The van der Waals surface area contributed by atoms with E-state index in [1.807, 2.05) is 19.1 Å². The molecule has 1 atom stereocenters. The minimum Gasteiger partial charge on any atom is -0.379 e. The number of carbonyl (C=O) groups is 1. The lowest BCUT2D eigenvalue weighted by atomic mass is 10.00. The van der Waals surface area contributed by atoms with Gasteiger partial charge in [0.05, 0.1) is 34.7 Å². The van der Waals surface area contributed by atoms with Gasteiger partial charge in [0.25, 0.3) is 5.91 Å². The third-order valence-electron chi connectivity index (χ3n) is 5.26. The molecule has 1 N–H and O–H groups in total. The summed E-state index contributed by atoms with van der Waals surface area (Å²) in [6, 6.07) is 12.1. The maximum Gasteiger partial charge on any atom is 0.253 e. The predicted molar refractivity (Wildman–Crippen MR) is 122 cm³/mol. The largest absolute Gasteiger partial charge is 0.379 e. The van der Waals surface area contributed by atoms with Gasteiger partial charge >= 0.3 is 0 Å². The highest BCUT2D eigenvalue weighted by molar-refractivity contribution is 7.89. The molecule has 0 saturated carbocycles. The predicted octanol–water partition coefficient (Wildman–Crippen LogP) is 4.05. The molecule has 168 valence electrons. The van der Waals surface area contributed by atoms with Gasteiger partial charge < -0.3 is 10.1 Å². The van der Waals surface area contributed by atoms with Crippen molar-refractivity contribution in [3.05, 3.63) is 64.2 Å². The van der Waals surface area contributed by atoms with Crippen LogP contribution in [0.1, 0.15) is 48.3 Å². The molecule has 0 aromatic heterocycles. The molecule has 6 nitrogen and oxygen atoms in total. The van der Waals surface area contributed by atoms with Crippen molar-refractivity contribution in [1.82, 2.24) is 9.62 Å². The standard InChI is InChI=1S/C23H29ClN2O4S/c1-16(2)14-18-4-6-19(7-5-18)17(3)25-23(27)21-15-20(8-9-22(21)24)31(28,29)26-10-12-30-13-11-26/h4-9,15-17H,10-14H2,1-3H3,(H,25,27)/t17-/m1/s1. The molecule has 1 amide bonds. The molecule has 3 rings (SSSR count). The number of nitrogens with one attached hydrogen (secondary N) is 1. The number of hydrogen-bond donors (Lipinski definition) is 1. The number of sulfonamides is 1. The van der Waals surface area contributed by atoms with Gasteiger partial charge in [0.1, 0.15) is 0 Å². The van der Waals surface area contributed by atoms with Gasteiger partial charge in [0.2, 0.25) is 10.0 Å². The topological polar surface area (TPSA) is 75.7 Å². The van der Waals surface area contributed by atoms with Crippen molar-refractivity contribution < 1.29 is 17.9 Å². The first kappa shape index (κ1) is 23.7. The van der Waals surface area contributed by atoms with Gasteiger partial charge in [-0.3, -0.25) is 4.79 Å². The third-order valence-corrected chi connectivity index (χ3v) is 7.49. The van der Waals surface area contributed by atoms with Crippen LogP contribution in [0, 0.1) is 5.92 Å². The van der Waals surface area contributed by atoms with E-state index in [2.05, 4.69) is 31.3 Å². The Hall–Kier alpha value is -1.93. The van der Waals surface area contributed by atoms with Crippen molar-refractivity contribution >= 4 is 27.5 Å². The lowest BCUT2D eigenvalue weighted by Crippen LogP contribution is -2.40. The quantitative estimate of drug-likeness (QED) is 0.670. The average Bonchev–Trinajstić information content (AvgIpc) is 2.74. The zero-order valence-electron chi connectivity index (χ0n) is 18.1. The maximum atomic E-state index is 12.9. The second-order valence-corrected chi connectivity index (χ2v) is 10.5. The van der Waals surface area contributed by atoms with Gasteiger partial charge in [-0.05, 0) is 48.6 Å². The van der Waals surface area contributed by atoms with E-state index in [0.29, 0.717) is 19.1 Å². The van der Waals surface area contributed by atoms with Crippen molar-refractivity contribution in [1.29, 1.82) is 0 Å². The molecular formula is C23H29ClN2O4S. The first-order chi connectivity index (χ1) is 14.7. The molecule has 2 aromatic rings. The van der Waals surface area contributed by atoms with Gasteiger partial charge in [0.15, 0.2) is 0 Å². The smallest absolute Gasteiger partial charge is 0.253 e. The minimum atomic E-state index is -3.72. The van der Waals surface area contributed by atoms with Crippen LogP contribution in [0.2, 0.25) is 5.02 Å². The fourth-order valence-corrected chi connectivity index (χ4v) is 5.18.